The SMILES string of the molecule is CC=C1c2ncccc2-c2cccnc21. The summed E-state index contributed by atoms with van der Waals surface area (Å²) in [6.07, 6.45) is 5.73. The van der Waals surface area contributed by atoms with Crippen molar-refractivity contribution in [2.75, 3.05) is 0 Å². The van der Waals surface area contributed by atoms with E-state index in [1.807, 2.05) is 31.5 Å². The van der Waals surface area contributed by atoms with E-state index in [1.54, 1.807) is 0 Å². The molecule has 0 aliphatic heterocycles. The predicted octanol–water partition coefficient (Wildman–Crippen LogP) is 2.91. The van der Waals surface area contributed by atoms with E-state index in [1.165, 1.54) is 11.1 Å². The van der Waals surface area contributed by atoms with E-state index in [-0.39, 0.29) is 0 Å². The number of aromatic nitrogens is 2. The predicted molar refractivity (Wildman–Crippen MR) is 60.2 cm³/mol. The summed E-state index contributed by atoms with van der Waals surface area (Å²) in [7, 11) is 0. The van der Waals surface area contributed by atoms with Gasteiger partial charge in [-0.2, -0.15) is 0 Å². The summed E-state index contributed by atoms with van der Waals surface area (Å²) in [6, 6.07) is 8.13. The molecule has 3 rings (SSSR count). The van der Waals surface area contributed by atoms with Crippen LogP contribution in [0, 0.1) is 0 Å². The van der Waals surface area contributed by atoms with Crippen LogP contribution in [0.15, 0.2) is 42.7 Å². The highest BCUT2D eigenvalue weighted by molar-refractivity contribution is 5.97. The van der Waals surface area contributed by atoms with Crippen molar-refractivity contribution in [3.63, 3.8) is 0 Å². The van der Waals surface area contributed by atoms with Gasteiger partial charge in [-0.3, -0.25) is 9.97 Å². The molecule has 0 bridgehead atoms. The van der Waals surface area contributed by atoms with Crippen molar-refractivity contribution in [3.8, 4) is 11.1 Å². The normalized spacial score (nSPS) is 12.2. The lowest BCUT2D eigenvalue weighted by atomic mass is 10.1. The summed E-state index contributed by atoms with van der Waals surface area (Å²) in [6.45, 7) is 2.03. The van der Waals surface area contributed by atoms with E-state index in [0.717, 1.165) is 17.0 Å². The third-order valence-corrected chi connectivity index (χ3v) is 2.70. The van der Waals surface area contributed by atoms with E-state index >= 15 is 0 Å². The molecule has 0 saturated carbocycles. The van der Waals surface area contributed by atoms with Crippen molar-refractivity contribution in [2.24, 2.45) is 0 Å². The molecular formula is C13H10N2. The first kappa shape index (κ1) is 8.36. The molecule has 2 aromatic rings. The Morgan fingerprint density at radius 3 is 1.93 bits per heavy atom. The van der Waals surface area contributed by atoms with Crippen molar-refractivity contribution >= 4 is 5.57 Å². The van der Waals surface area contributed by atoms with Crippen LogP contribution in [0.1, 0.15) is 18.3 Å². The fourth-order valence-electron chi connectivity index (χ4n) is 2.06. The first-order chi connectivity index (χ1) is 7.42. The molecule has 72 valence electrons. The lowest BCUT2D eigenvalue weighted by molar-refractivity contribution is 1.27. The van der Waals surface area contributed by atoms with Gasteiger partial charge in [-0.15, -0.1) is 0 Å². The zero-order valence-corrected chi connectivity index (χ0v) is 8.44. The van der Waals surface area contributed by atoms with Crippen LogP contribution in [0.25, 0.3) is 16.7 Å². The highest BCUT2D eigenvalue weighted by atomic mass is 14.8. The van der Waals surface area contributed by atoms with Gasteiger partial charge in [0.15, 0.2) is 0 Å². The maximum atomic E-state index is 4.42. The van der Waals surface area contributed by atoms with Crippen LogP contribution >= 0.6 is 0 Å². The Labute approximate surface area is 88.3 Å². The number of hydrogen-bond acceptors (Lipinski definition) is 2. The van der Waals surface area contributed by atoms with E-state index in [4.69, 9.17) is 0 Å². The number of rotatable bonds is 0. The molecule has 0 N–H and O–H groups in total. The minimum atomic E-state index is 1.05. The molecule has 2 aromatic heterocycles. The van der Waals surface area contributed by atoms with Crippen LogP contribution in [0.2, 0.25) is 0 Å². The molecule has 0 spiro atoms. The second-order valence-corrected chi connectivity index (χ2v) is 3.50. The first-order valence-corrected chi connectivity index (χ1v) is 4.99. The summed E-state index contributed by atoms with van der Waals surface area (Å²) >= 11 is 0. The van der Waals surface area contributed by atoms with Crippen LogP contribution in [-0.2, 0) is 0 Å². The Balaban J connectivity index is 2.41. The van der Waals surface area contributed by atoms with E-state index in [0.29, 0.717) is 0 Å². The second-order valence-electron chi connectivity index (χ2n) is 3.50. The number of allylic oxidation sites excluding steroid dienone is 1. The molecule has 0 amide bonds. The largest absolute Gasteiger partial charge is 0.256 e. The fraction of sp³-hybridized carbons (Fsp3) is 0.0769. The molecule has 2 heteroatoms. The molecule has 2 heterocycles. The first-order valence-electron chi connectivity index (χ1n) is 4.99. The molecule has 0 fully saturated rings. The van der Waals surface area contributed by atoms with Crippen molar-refractivity contribution in [1.29, 1.82) is 0 Å². The van der Waals surface area contributed by atoms with Crippen LogP contribution in [0.3, 0.4) is 0 Å². The molecule has 1 aliphatic carbocycles. The lowest BCUT2D eigenvalue weighted by Crippen LogP contribution is -1.86. The molecular weight excluding hydrogens is 184 g/mol. The van der Waals surface area contributed by atoms with Gasteiger partial charge in [0.1, 0.15) is 0 Å². The van der Waals surface area contributed by atoms with Gasteiger partial charge in [0.05, 0.1) is 11.4 Å². The van der Waals surface area contributed by atoms with Gasteiger partial charge in [0.25, 0.3) is 0 Å². The average Bonchev–Trinajstić information content (AvgIpc) is 2.63. The van der Waals surface area contributed by atoms with E-state index < -0.39 is 0 Å². The van der Waals surface area contributed by atoms with Crippen molar-refractivity contribution in [1.82, 2.24) is 9.97 Å². The molecule has 15 heavy (non-hydrogen) atoms. The Kier molecular flexibility index (Phi) is 1.68. The Morgan fingerprint density at radius 2 is 1.47 bits per heavy atom. The summed E-state index contributed by atoms with van der Waals surface area (Å²) in [5.41, 5.74) is 5.62. The Bertz CT molecular complexity index is 508. The van der Waals surface area contributed by atoms with Crippen molar-refractivity contribution < 1.29 is 0 Å². The summed E-state index contributed by atoms with van der Waals surface area (Å²) < 4.78 is 0. The van der Waals surface area contributed by atoms with Gasteiger partial charge in [0, 0.05) is 29.1 Å². The topological polar surface area (TPSA) is 25.8 Å². The van der Waals surface area contributed by atoms with E-state index in [9.17, 15) is 0 Å². The standard InChI is InChI=1S/C13H10N2/c1-2-9-12-10(5-3-7-14-12)11-6-4-8-15-13(9)11/h2-8H,1H3. The third-order valence-electron chi connectivity index (χ3n) is 2.70. The second kappa shape index (κ2) is 3.02. The van der Waals surface area contributed by atoms with Crippen LogP contribution in [0.4, 0.5) is 0 Å². The smallest absolute Gasteiger partial charge is 0.0799 e. The quantitative estimate of drug-likeness (QED) is 0.550. The maximum Gasteiger partial charge on any atom is 0.0799 e. The minimum Gasteiger partial charge on any atom is -0.256 e. The summed E-state index contributed by atoms with van der Waals surface area (Å²) in [5.74, 6) is 0. The van der Waals surface area contributed by atoms with E-state index in [2.05, 4.69) is 28.2 Å². The molecule has 2 nitrogen and oxygen atoms in total. The lowest BCUT2D eigenvalue weighted by Gasteiger charge is -1.97. The summed E-state index contributed by atoms with van der Waals surface area (Å²) in [5, 5.41) is 0. The van der Waals surface area contributed by atoms with Gasteiger partial charge in [-0.25, -0.2) is 0 Å². The molecule has 0 unspecified atom stereocenters. The highest BCUT2D eigenvalue weighted by Crippen LogP contribution is 2.40. The van der Waals surface area contributed by atoms with Gasteiger partial charge in [0.2, 0.25) is 0 Å². The van der Waals surface area contributed by atoms with Gasteiger partial charge >= 0.3 is 0 Å². The number of pyridine rings is 2. The van der Waals surface area contributed by atoms with Crippen molar-refractivity contribution in [3.05, 3.63) is 54.1 Å². The molecule has 0 aromatic carbocycles. The van der Waals surface area contributed by atoms with Crippen LogP contribution in [0.5, 0.6) is 0 Å². The zero-order valence-electron chi connectivity index (χ0n) is 8.44. The van der Waals surface area contributed by atoms with Gasteiger partial charge < -0.3 is 0 Å². The van der Waals surface area contributed by atoms with Crippen LogP contribution in [-0.4, -0.2) is 9.97 Å². The number of fused-ring (bicyclic) bond motifs is 3. The Morgan fingerprint density at radius 1 is 0.933 bits per heavy atom. The molecule has 0 atom stereocenters. The monoisotopic (exact) mass is 194 g/mol. The molecule has 0 saturated heterocycles. The zero-order chi connectivity index (χ0) is 10.3. The molecule has 1 aliphatic rings. The van der Waals surface area contributed by atoms with Crippen molar-refractivity contribution in [2.45, 2.75) is 6.92 Å². The number of nitrogens with zero attached hydrogens (tertiary/aromatic N) is 2. The fourth-order valence-corrected chi connectivity index (χ4v) is 2.06. The summed E-state index contributed by atoms with van der Waals surface area (Å²) in [4.78, 5) is 8.84. The maximum absolute atomic E-state index is 4.42. The van der Waals surface area contributed by atoms with Gasteiger partial charge in [-0.1, -0.05) is 18.2 Å². The van der Waals surface area contributed by atoms with Gasteiger partial charge in [-0.05, 0) is 19.1 Å². The highest BCUT2D eigenvalue weighted by Gasteiger charge is 2.24. The Hall–Kier alpha value is -1.96. The average molecular weight is 194 g/mol. The van der Waals surface area contributed by atoms with Crippen LogP contribution < -0.4 is 0 Å². The number of hydrogen-bond donors (Lipinski definition) is 0. The molecule has 0 radical (unpaired) electrons. The third kappa shape index (κ3) is 1.05. The minimum absolute atomic E-state index is 1.05.